The van der Waals surface area contributed by atoms with E-state index in [-0.39, 0.29) is 23.5 Å². The van der Waals surface area contributed by atoms with E-state index in [1.54, 1.807) is 0 Å². The molecule has 1 aliphatic heterocycles. The lowest BCUT2D eigenvalue weighted by atomic mass is 9.97. The van der Waals surface area contributed by atoms with Gasteiger partial charge in [-0.2, -0.15) is 0 Å². The van der Waals surface area contributed by atoms with Crippen molar-refractivity contribution in [1.29, 1.82) is 0 Å². The second kappa shape index (κ2) is 7.51. The molecule has 2 N–H and O–H groups in total. The molecule has 5 heteroatoms. The van der Waals surface area contributed by atoms with Crippen LogP contribution in [0.4, 0.5) is 0 Å². The highest BCUT2D eigenvalue weighted by molar-refractivity contribution is 6.09. The zero-order valence-electron chi connectivity index (χ0n) is 13.7. The first-order valence-electron chi connectivity index (χ1n) is 8.09. The summed E-state index contributed by atoms with van der Waals surface area (Å²) in [5.41, 5.74) is 6.90. The third-order valence-corrected chi connectivity index (χ3v) is 4.37. The summed E-state index contributed by atoms with van der Waals surface area (Å²) in [4.78, 5) is 38.0. The minimum Gasteiger partial charge on any atom is -0.320 e. The van der Waals surface area contributed by atoms with E-state index < -0.39 is 12.0 Å². The summed E-state index contributed by atoms with van der Waals surface area (Å²) in [6.45, 7) is 3.97. The van der Waals surface area contributed by atoms with Crippen LogP contribution in [0, 0.1) is 11.8 Å². The van der Waals surface area contributed by atoms with Crippen LogP contribution in [0.5, 0.6) is 0 Å². The number of ketones is 1. The molecule has 1 aromatic rings. The summed E-state index contributed by atoms with van der Waals surface area (Å²) in [5, 5.41) is 0. The Morgan fingerprint density at radius 3 is 2.52 bits per heavy atom. The van der Waals surface area contributed by atoms with Crippen LogP contribution in [-0.4, -0.2) is 35.1 Å². The highest BCUT2D eigenvalue weighted by atomic mass is 16.2. The first-order chi connectivity index (χ1) is 10.9. The molecule has 2 atom stereocenters. The molecule has 0 aromatic heterocycles. The van der Waals surface area contributed by atoms with Gasteiger partial charge in [-0.15, -0.1) is 0 Å². The Labute approximate surface area is 136 Å². The van der Waals surface area contributed by atoms with E-state index in [4.69, 9.17) is 5.73 Å². The number of Topliss-reactive ketones (excluding diaryl/α,β-unsaturated/α-hetero) is 1. The number of nitrogens with zero attached hydrogens (tertiary/aromatic N) is 1. The molecule has 0 spiro atoms. The van der Waals surface area contributed by atoms with Gasteiger partial charge in [0.05, 0.1) is 12.0 Å². The number of rotatable bonds is 6. The predicted molar refractivity (Wildman–Crippen MR) is 87.4 cm³/mol. The lowest BCUT2D eigenvalue weighted by Gasteiger charge is -2.21. The minimum atomic E-state index is -0.697. The van der Waals surface area contributed by atoms with E-state index in [1.165, 1.54) is 0 Å². The van der Waals surface area contributed by atoms with Crippen LogP contribution >= 0.6 is 0 Å². The summed E-state index contributed by atoms with van der Waals surface area (Å²) >= 11 is 0. The maximum Gasteiger partial charge on any atom is 0.246 e. The number of likely N-dealkylation sites (tertiary alicyclic amines) is 1. The molecule has 0 radical (unpaired) electrons. The van der Waals surface area contributed by atoms with E-state index in [1.807, 2.05) is 44.2 Å². The molecule has 1 aliphatic rings. The smallest absolute Gasteiger partial charge is 0.246 e. The highest BCUT2D eigenvalue weighted by Gasteiger charge is 2.41. The first kappa shape index (κ1) is 17.3. The molecule has 0 aliphatic carbocycles. The van der Waals surface area contributed by atoms with Crippen molar-refractivity contribution in [1.82, 2.24) is 4.90 Å². The van der Waals surface area contributed by atoms with E-state index in [0.29, 0.717) is 25.8 Å². The number of hydrogen-bond donors (Lipinski definition) is 1. The normalized spacial score (nSPS) is 19.2. The molecule has 1 saturated heterocycles. The van der Waals surface area contributed by atoms with Crippen molar-refractivity contribution in [3.63, 3.8) is 0 Å². The fourth-order valence-electron chi connectivity index (χ4n) is 2.75. The average Bonchev–Trinajstić information content (AvgIpc) is 2.93. The maximum absolute atomic E-state index is 12.4. The number of hydrogen-bond acceptors (Lipinski definition) is 4. The number of amides is 2. The molecule has 0 saturated carbocycles. The van der Waals surface area contributed by atoms with Crippen LogP contribution in [-0.2, 0) is 20.8 Å². The molecule has 1 aromatic carbocycles. The Bertz CT molecular complexity index is 583. The van der Waals surface area contributed by atoms with Gasteiger partial charge in [-0.05, 0) is 24.3 Å². The molecule has 124 valence electrons. The molecule has 2 amide bonds. The maximum atomic E-state index is 12.4. The molecular formula is C18H24N2O3. The second-order valence-corrected chi connectivity index (χ2v) is 6.39. The van der Waals surface area contributed by atoms with Gasteiger partial charge in [0.2, 0.25) is 11.8 Å². The number of carbonyl (C=O) groups is 3. The van der Waals surface area contributed by atoms with Crippen molar-refractivity contribution in [2.75, 3.05) is 6.54 Å². The van der Waals surface area contributed by atoms with Crippen LogP contribution in [0.1, 0.15) is 32.3 Å². The Morgan fingerprint density at radius 2 is 1.91 bits per heavy atom. The number of carbonyl (C=O) groups excluding carboxylic acids is 3. The lowest BCUT2D eigenvalue weighted by molar-refractivity contribution is -0.146. The summed E-state index contributed by atoms with van der Waals surface area (Å²) in [5.74, 6) is -1.58. The van der Waals surface area contributed by atoms with Gasteiger partial charge >= 0.3 is 0 Å². The fraction of sp³-hybridized carbons (Fsp3) is 0.500. The Hall–Kier alpha value is -2.01. The zero-order chi connectivity index (χ0) is 17.0. The summed E-state index contributed by atoms with van der Waals surface area (Å²) in [7, 11) is 0. The zero-order valence-corrected chi connectivity index (χ0v) is 13.7. The molecule has 1 heterocycles. The summed E-state index contributed by atoms with van der Waals surface area (Å²) in [6.07, 6.45) is 1.34. The van der Waals surface area contributed by atoms with Gasteiger partial charge in [-0.25, -0.2) is 0 Å². The summed E-state index contributed by atoms with van der Waals surface area (Å²) in [6, 6.07) is 9.00. The van der Waals surface area contributed by atoms with Crippen LogP contribution in [0.25, 0.3) is 0 Å². The standard InChI is InChI=1S/C18H24N2O3/c1-12(2)16(19)18(23)20-11-10-14(17(20)22)15(21)9-8-13-6-4-3-5-7-13/h3-7,12,14,16H,8-11,19H2,1-2H3/t14?,16-/m0/s1. The third kappa shape index (κ3) is 4.05. The molecule has 0 bridgehead atoms. The van der Waals surface area contributed by atoms with Crippen molar-refractivity contribution in [3.05, 3.63) is 35.9 Å². The second-order valence-electron chi connectivity index (χ2n) is 6.39. The monoisotopic (exact) mass is 316 g/mol. The number of imide groups is 1. The molecule has 2 rings (SSSR count). The Kier molecular flexibility index (Phi) is 5.66. The van der Waals surface area contributed by atoms with E-state index in [0.717, 1.165) is 10.5 Å². The predicted octanol–water partition coefficient (Wildman–Crippen LogP) is 1.55. The minimum absolute atomic E-state index is 0.0388. The van der Waals surface area contributed by atoms with Crippen molar-refractivity contribution in [3.8, 4) is 0 Å². The van der Waals surface area contributed by atoms with Gasteiger partial charge in [0, 0.05) is 13.0 Å². The topological polar surface area (TPSA) is 80.5 Å². The van der Waals surface area contributed by atoms with Crippen molar-refractivity contribution in [2.45, 2.75) is 39.2 Å². The van der Waals surface area contributed by atoms with Gasteiger partial charge < -0.3 is 5.73 Å². The first-order valence-corrected chi connectivity index (χ1v) is 8.09. The van der Waals surface area contributed by atoms with E-state index >= 15 is 0 Å². The van der Waals surface area contributed by atoms with Crippen molar-refractivity contribution < 1.29 is 14.4 Å². The number of aryl methyl sites for hydroxylation is 1. The largest absolute Gasteiger partial charge is 0.320 e. The Balaban J connectivity index is 1.93. The van der Waals surface area contributed by atoms with Crippen molar-refractivity contribution >= 4 is 17.6 Å². The van der Waals surface area contributed by atoms with Crippen molar-refractivity contribution in [2.24, 2.45) is 17.6 Å². The van der Waals surface area contributed by atoms with E-state index in [9.17, 15) is 14.4 Å². The third-order valence-electron chi connectivity index (χ3n) is 4.37. The molecular weight excluding hydrogens is 292 g/mol. The van der Waals surface area contributed by atoms with Gasteiger partial charge in [0.1, 0.15) is 5.78 Å². The molecule has 23 heavy (non-hydrogen) atoms. The average molecular weight is 316 g/mol. The quantitative estimate of drug-likeness (QED) is 0.807. The summed E-state index contributed by atoms with van der Waals surface area (Å²) < 4.78 is 0. The molecule has 1 fully saturated rings. The van der Waals surface area contributed by atoms with Crippen LogP contribution < -0.4 is 5.73 Å². The SMILES string of the molecule is CC(C)[C@H](N)C(=O)N1CCC(C(=O)CCc2ccccc2)C1=O. The fourth-order valence-corrected chi connectivity index (χ4v) is 2.75. The molecule has 1 unspecified atom stereocenters. The van der Waals surface area contributed by atoms with Gasteiger partial charge in [0.25, 0.3) is 0 Å². The van der Waals surface area contributed by atoms with Crippen LogP contribution in [0.3, 0.4) is 0 Å². The number of benzene rings is 1. The highest BCUT2D eigenvalue weighted by Crippen LogP contribution is 2.22. The Morgan fingerprint density at radius 1 is 1.26 bits per heavy atom. The number of nitrogens with two attached hydrogens (primary N) is 1. The van der Waals surface area contributed by atoms with E-state index in [2.05, 4.69) is 0 Å². The van der Waals surface area contributed by atoms with Crippen LogP contribution in [0.15, 0.2) is 30.3 Å². The van der Waals surface area contributed by atoms with Gasteiger partial charge in [-0.3, -0.25) is 19.3 Å². The van der Waals surface area contributed by atoms with Crippen LogP contribution in [0.2, 0.25) is 0 Å². The molecule has 5 nitrogen and oxygen atoms in total. The lowest BCUT2D eigenvalue weighted by Crippen LogP contribution is -2.47. The van der Waals surface area contributed by atoms with Gasteiger partial charge in [0.15, 0.2) is 0 Å². The van der Waals surface area contributed by atoms with Gasteiger partial charge in [-0.1, -0.05) is 44.2 Å².